The van der Waals surface area contributed by atoms with Crippen LogP contribution in [0, 0.1) is 0 Å². The number of nitrogens with one attached hydrogen (secondary N) is 2. The van der Waals surface area contributed by atoms with E-state index >= 15 is 0 Å². The Labute approximate surface area is 158 Å². The highest BCUT2D eigenvalue weighted by Gasteiger charge is 2.17. The lowest BCUT2D eigenvalue weighted by Gasteiger charge is -2.15. The Balaban J connectivity index is 2.12. The van der Waals surface area contributed by atoms with Crippen LogP contribution >= 0.6 is 11.6 Å². The van der Waals surface area contributed by atoms with E-state index in [1.807, 2.05) is 13.0 Å². The highest BCUT2D eigenvalue weighted by atomic mass is 35.5. The minimum absolute atomic E-state index is 0.0247. The van der Waals surface area contributed by atoms with E-state index in [1.165, 1.54) is 25.3 Å². The first kappa shape index (κ1) is 20.4. The summed E-state index contributed by atoms with van der Waals surface area (Å²) in [5, 5.41) is 3.42. The SMILES string of the molecule is COCCNS(=O)(=O)c1cccc(C(=O)NC(C)c2cccc(Cl)c2)c1. The maximum atomic E-state index is 12.5. The Bertz CT molecular complexity index is 871. The van der Waals surface area contributed by atoms with Gasteiger partial charge in [0.1, 0.15) is 0 Å². The Kier molecular flexibility index (Phi) is 7.16. The Morgan fingerprint density at radius 2 is 1.92 bits per heavy atom. The fourth-order valence-corrected chi connectivity index (χ4v) is 3.56. The van der Waals surface area contributed by atoms with E-state index in [9.17, 15) is 13.2 Å². The highest BCUT2D eigenvalue weighted by Crippen LogP contribution is 2.18. The van der Waals surface area contributed by atoms with Crippen LogP contribution in [0.1, 0.15) is 28.9 Å². The molecule has 1 atom stereocenters. The Hall–Kier alpha value is -1.93. The molecule has 0 aliphatic rings. The zero-order valence-corrected chi connectivity index (χ0v) is 16.1. The minimum Gasteiger partial charge on any atom is -0.383 e. The molecule has 26 heavy (non-hydrogen) atoms. The van der Waals surface area contributed by atoms with Crippen molar-refractivity contribution in [1.82, 2.24) is 10.0 Å². The van der Waals surface area contributed by atoms with Crippen LogP contribution in [-0.4, -0.2) is 34.6 Å². The zero-order chi connectivity index (χ0) is 19.2. The summed E-state index contributed by atoms with van der Waals surface area (Å²) in [5.41, 5.74) is 1.12. The molecule has 0 aromatic heterocycles. The van der Waals surface area contributed by atoms with Gasteiger partial charge < -0.3 is 10.1 Å². The average molecular weight is 397 g/mol. The first-order valence-electron chi connectivity index (χ1n) is 7.98. The topological polar surface area (TPSA) is 84.5 Å². The van der Waals surface area contributed by atoms with Crippen molar-refractivity contribution >= 4 is 27.5 Å². The number of rotatable bonds is 8. The molecule has 0 bridgehead atoms. The maximum Gasteiger partial charge on any atom is 0.251 e. The van der Waals surface area contributed by atoms with Gasteiger partial charge in [-0.3, -0.25) is 4.79 Å². The molecule has 2 rings (SSSR count). The molecular weight excluding hydrogens is 376 g/mol. The molecule has 0 aliphatic carbocycles. The summed E-state index contributed by atoms with van der Waals surface area (Å²) in [6, 6.07) is 12.8. The third-order valence-corrected chi connectivity index (χ3v) is 5.39. The smallest absolute Gasteiger partial charge is 0.251 e. The normalized spacial score (nSPS) is 12.6. The number of amides is 1. The molecule has 140 valence electrons. The summed E-state index contributed by atoms with van der Waals surface area (Å²) in [4.78, 5) is 12.5. The first-order valence-corrected chi connectivity index (χ1v) is 9.84. The third-order valence-electron chi connectivity index (χ3n) is 3.70. The van der Waals surface area contributed by atoms with E-state index in [-0.39, 0.29) is 35.6 Å². The number of ether oxygens (including phenoxy) is 1. The number of hydrogen-bond donors (Lipinski definition) is 2. The monoisotopic (exact) mass is 396 g/mol. The third kappa shape index (κ3) is 5.54. The molecule has 1 amide bonds. The molecule has 2 aromatic rings. The molecule has 2 N–H and O–H groups in total. The van der Waals surface area contributed by atoms with E-state index in [1.54, 1.807) is 24.3 Å². The van der Waals surface area contributed by atoms with Crippen LogP contribution in [0.2, 0.25) is 5.02 Å². The van der Waals surface area contributed by atoms with E-state index in [4.69, 9.17) is 16.3 Å². The fourth-order valence-electron chi connectivity index (χ4n) is 2.31. The van der Waals surface area contributed by atoms with E-state index in [0.29, 0.717) is 5.02 Å². The molecule has 1 unspecified atom stereocenters. The van der Waals surface area contributed by atoms with Crippen LogP contribution in [-0.2, 0) is 14.8 Å². The number of methoxy groups -OCH3 is 1. The molecule has 0 spiro atoms. The molecule has 6 nitrogen and oxygen atoms in total. The van der Waals surface area contributed by atoms with Crippen molar-refractivity contribution in [1.29, 1.82) is 0 Å². The van der Waals surface area contributed by atoms with Crippen LogP contribution in [0.25, 0.3) is 0 Å². The lowest BCUT2D eigenvalue weighted by atomic mass is 10.1. The number of carbonyl (C=O) groups excluding carboxylic acids is 1. The summed E-state index contributed by atoms with van der Waals surface area (Å²) in [7, 11) is -2.22. The van der Waals surface area contributed by atoms with Gasteiger partial charge in [0, 0.05) is 24.2 Å². The lowest BCUT2D eigenvalue weighted by Crippen LogP contribution is -2.29. The van der Waals surface area contributed by atoms with E-state index in [0.717, 1.165) is 5.56 Å². The van der Waals surface area contributed by atoms with Gasteiger partial charge in [-0.1, -0.05) is 29.8 Å². The predicted molar refractivity (Wildman–Crippen MR) is 101 cm³/mol. The second-order valence-electron chi connectivity index (χ2n) is 5.67. The first-order chi connectivity index (χ1) is 12.3. The van der Waals surface area contributed by atoms with Gasteiger partial charge in [0.15, 0.2) is 0 Å². The van der Waals surface area contributed by atoms with Crippen molar-refractivity contribution in [2.24, 2.45) is 0 Å². The van der Waals surface area contributed by atoms with Crippen LogP contribution < -0.4 is 10.0 Å². The molecule has 2 aromatic carbocycles. The quantitative estimate of drug-likeness (QED) is 0.672. The van der Waals surface area contributed by atoms with Crippen LogP contribution in [0.5, 0.6) is 0 Å². The standard InChI is InChI=1S/C18H21ClN2O4S/c1-13(14-5-3-7-16(19)11-14)21-18(22)15-6-4-8-17(12-15)26(23,24)20-9-10-25-2/h3-8,11-13,20H,9-10H2,1-2H3,(H,21,22). The summed E-state index contributed by atoms with van der Waals surface area (Å²) in [6.45, 7) is 2.24. The second kappa shape index (κ2) is 9.14. The van der Waals surface area contributed by atoms with Crippen molar-refractivity contribution in [3.8, 4) is 0 Å². The van der Waals surface area contributed by atoms with Gasteiger partial charge in [-0.15, -0.1) is 0 Å². The summed E-state index contributed by atoms with van der Waals surface area (Å²) in [6.07, 6.45) is 0. The number of sulfonamides is 1. The molecule has 8 heteroatoms. The lowest BCUT2D eigenvalue weighted by molar-refractivity contribution is 0.0939. The summed E-state index contributed by atoms with van der Waals surface area (Å²) >= 11 is 5.97. The molecule has 0 saturated carbocycles. The van der Waals surface area contributed by atoms with Gasteiger partial charge in [0.05, 0.1) is 17.5 Å². The van der Waals surface area contributed by atoms with Crippen molar-refractivity contribution in [3.05, 3.63) is 64.7 Å². The Morgan fingerprint density at radius 3 is 2.62 bits per heavy atom. The molecule has 0 saturated heterocycles. The number of carbonyl (C=O) groups is 1. The average Bonchev–Trinajstić information content (AvgIpc) is 2.62. The van der Waals surface area contributed by atoms with Gasteiger partial charge in [-0.2, -0.15) is 0 Å². The second-order valence-corrected chi connectivity index (χ2v) is 7.87. The van der Waals surface area contributed by atoms with Gasteiger partial charge >= 0.3 is 0 Å². The van der Waals surface area contributed by atoms with Crippen LogP contribution in [0.3, 0.4) is 0 Å². The van der Waals surface area contributed by atoms with E-state index in [2.05, 4.69) is 10.0 Å². The minimum atomic E-state index is -3.70. The van der Waals surface area contributed by atoms with E-state index < -0.39 is 10.0 Å². The summed E-state index contributed by atoms with van der Waals surface area (Å²) in [5.74, 6) is -0.369. The summed E-state index contributed by atoms with van der Waals surface area (Å²) < 4.78 is 31.7. The van der Waals surface area contributed by atoms with Crippen LogP contribution in [0.15, 0.2) is 53.4 Å². The largest absolute Gasteiger partial charge is 0.383 e. The molecule has 0 fully saturated rings. The molecule has 0 aliphatic heterocycles. The predicted octanol–water partition coefficient (Wildman–Crippen LogP) is 2.76. The van der Waals surface area contributed by atoms with Crippen molar-refractivity contribution in [3.63, 3.8) is 0 Å². The van der Waals surface area contributed by atoms with Crippen LogP contribution in [0.4, 0.5) is 0 Å². The Morgan fingerprint density at radius 1 is 1.19 bits per heavy atom. The van der Waals surface area contributed by atoms with Crippen molar-refractivity contribution < 1.29 is 17.9 Å². The molecular formula is C18H21ClN2O4S. The highest BCUT2D eigenvalue weighted by molar-refractivity contribution is 7.89. The fraction of sp³-hybridized carbons (Fsp3) is 0.278. The van der Waals surface area contributed by atoms with Crippen molar-refractivity contribution in [2.45, 2.75) is 17.9 Å². The molecule has 0 radical (unpaired) electrons. The number of hydrogen-bond acceptors (Lipinski definition) is 4. The maximum absolute atomic E-state index is 12.5. The van der Waals surface area contributed by atoms with Gasteiger partial charge in [0.25, 0.3) is 5.91 Å². The zero-order valence-electron chi connectivity index (χ0n) is 14.5. The molecule has 0 heterocycles. The number of benzene rings is 2. The van der Waals surface area contributed by atoms with Gasteiger partial charge in [-0.05, 0) is 42.8 Å². The van der Waals surface area contributed by atoms with Gasteiger partial charge in [-0.25, -0.2) is 13.1 Å². The number of halogens is 1. The van der Waals surface area contributed by atoms with Crippen molar-refractivity contribution in [2.75, 3.05) is 20.3 Å². The van der Waals surface area contributed by atoms with Gasteiger partial charge in [0.2, 0.25) is 10.0 Å².